The number of alkyl halides is 1. The first-order chi connectivity index (χ1) is 7.69. The van der Waals surface area contributed by atoms with Crippen molar-refractivity contribution in [3.8, 4) is 11.5 Å². The number of nitro groups is 1. The minimum Gasteiger partial charge on any atom is -0.493 e. The van der Waals surface area contributed by atoms with Crippen molar-refractivity contribution in [1.29, 1.82) is 0 Å². The average molecular weight is 289 g/mol. The first kappa shape index (κ1) is 12.8. The Hall–Kier alpha value is -1.30. The second-order valence-electron chi connectivity index (χ2n) is 2.90. The molecular formula is C10H11BrNO4. The predicted molar refractivity (Wildman–Crippen MR) is 62.4 cm³/mol. The van der Waals surface area contributed by atoms with E-state index in [0.717, 1.165) is 11.8 Å². The maximum Gasteiger partial charge on any atom is 0.281 e. The summed E-state index contributed by atoms with van der Waals surface area (Å²) in [4.78, 5) is 10.0. The van der Waals surface area contributed by atoms with Crippen LogP contribution in [0.2, 0.25) is 0 Å². The third kappa shape index (κ3) is 3.37. The van der Waals surface area contributed by atoms with Crippen molar-refractivity contribution in [2.24, 2.45) is 0 Å². The molecule has 0 atom stereocenters. The van der Waals surface area contributed by atoms with Crippen molar-refractivity contribution >= 4 is 21.6 Å². The molecule has 0 saturated heterocycles. The number of halogens is 1. The van der Waals surface area contributed by atoms with E-state index in [-0.39, 0.29) is 5.69 Å². The molecule has 0 N–H and O–H groups in total. The summed E-state index contributed by atoms with van der Waals surface area (Å²) in [6, 6.07) is 5.22. The summed E-state index contributed by atoms with van der Waals surface area (Å²) in [7, 11) is 1.48. The van der Waals surface area contributed by atoms with Gasteiger partial charge < -0.3 is 9.47 Å². The number of methoxy groups -OCH3 is 1. The smallest absolute Gasteiger partial charge is 0.281 e. The fourth-order valence-electron chi connectivity index (χ4n) is 1.06. The number of hydrogen-bond acceptors (Lipinski definition) is 4. The summed E-state index contributed by atoms with van der Waals surface area (Å²) < 4.78 is 10.4. The minimum atomic E-state index is -0.517. The minimum absolute atomic E-state index is 0.130. The summed E-state index contributed by atoms with van der Waals surface area (Å²) >= 11 is 3.27. The van der Waals surface area contributed by atoms with E-state index in [0.29, 0.717) is 18.1 Å². The topological polar surface area (TPSA) is 61.6 Å². The quantitative estimate of drug-likeness (QED) is 0.349. The van der Waals surface area contributed by atoms with Gasteiger partial charge in [0.25, 0.3) is 5.69 Å². The highest BCUT2D eigenvalue weighted by Gasteiger charge is 2.12. The van der Waals surface area contributed by atoms with Gasteiger partial charge in [-0.25, -0.2) is 0 Å². The lowest BCUT2D eigenvalue weighted by atomic mass is 10.3. The SMILES string of the molecule is COc1c[c]c([N+](=O)[O-])cc1OCCCBr. The zero-order chi connectivity index (χ0) is 12.0. The van der Waals surface area contributed by atoms with Crippen molar-refractivity contribution in [3.05, 3.63) is 28.3 Å². The van der Waals surface area contributed by atoms with E-state index in [9.17, 15) is 10.1 Å². The molecule has 0 heterocycles. The molecule has 16 heavy (non-hydrogen) atoms. The third-order valence-corrected chi connectivity index (χ3v) is 2.37. The van der Waals surface area contributed by atoms with Gasteiger partial charge in [0.1, 0.15) is 0 Å². The fraction of sp³-hybridized carbons (Fsp3) is 0.400. The normalized spacial score (nSPS) is 9.88. The molecule has 5 nitrogen and oxygen atoms in total. The second kappa shape index (κ2) is 6.32. The zero-order valence-electron chi connectivity index (χ0n) is 8.73. The van der Waals surface area contributed by atoms with E-state index in [1.807, 2.05) is 0 Å². The van der Waals surface area contributed by atoms with Crippen LogP contribution in [-0.2, 0) is 0 Å². The molecule has 0 aliphatic carbocycles. The van der Waals surface area contributed by atoms with Crippen molar-refractivity contribution in [1.82, 2.24) is 0 Å². The number of benzene rings is 1. The van der Waals surface area contributed by atoms with Crippen molar-refractivity contribution in [3.63, 3.8) is 0 Å². The van der Waals surface area contributed by atoms with E-state index in [1.165, 1.54) is 19.2 Å². The van der Waals surface area contributed by atoms with Gasteiger partial charge in [0.05, 0.1) is 30.8 Å². The van der Waals surface area contributed by atoms with Gasteiger partial charge in [-0.05, 0) is 12.5 Å². The van der Waals surface area contributed by atoms with E-state index in [2.05, 4.69) is 22.0 Å². The van der Waals surface area contributed by atoms with Gasteiger partial charge >= 0.3 is 0 Å². The molecule has 6 heteroatoms. The fourth-order valence-corrected chi connectivity index (χ4v) is 1.29. The highest BCUT2D eigenvalue weighted by molar-refractivity contribution is 9.09. The lowest BCUT2D eigenvalue weighted by Crippen LogP contribution is -2.00. The molecule has 0 aromatic heterocycles. The van der Waals surface area contributed by atoms with Gasteiger partial charge in [0, 0.05) is 5.33 Å². The molecule has 87 valence electrons. The highest BCUT2D eigenvalue weighted by Crippen LogP contribution is 2.30. The summed E-state index contributed by atoms with van der Waals surface area (Å²) in [5, 5.41) is 11.4. The molecule has 0 saturated carbocycles. The molecule has 0 bridgehead atoms. The van der Waals surface area contributed by atoms with Gasteiger partial charge in [-0.3, -0.25) is 10.1 Å². The van der Waals surface area contributed by atoms with Crippen LogP contribution in [0.5, 0.6) is 11.5 Å². The number of non-ortho nitro benzene ring substituents is 1. The number of nitrogens with zero attached hydrogens (tertiary/aromatic N) is 1. The number of ether oxygens (including phenoxy) is 2. The van der Waals surface area contributed by atoms with Crippen molar-refractivity contribution < 1.29 is 14.4 Å². The third-order valence-electron chi connectivity index (χ3n) is 1.81. The first-order valence-corrected chi connectivity index (χ1v) is 5.74. The zero-order valence-corrected chi connectivity index (χ0v) is 10.3. The van der Waals surface area contributed by atoms with Gasteiger partial charge in [0.2, 0.25) is 0 Å². The van der Waals surface area contributed by atoms with Crippen LogP contribution in [0.4, 0.5) is 5.69 Å². The van der Waals surface area contributed by atoms with Crippen LogP contribution < -0.4 is 9.47 Å². The average Bonchev–Trinajstić information content (AvgIpc) is 2.29. The lowest BCUT2D eigenvalue weighted by Gasteiger charge is -2.09. The van der Waals surface area contributed by atoms with Crippen LogP contribution in [0.3, 0.4) is 0 Å². The summed E-state index contributed by atoms with van der Waals surface area (Å²) in [5.41, 5.74) is -0.130. The Morgan fingerprint density at radius 3 is 2.88 bits per heavy atom. The Bertz CT molecular complexity index is 370. The summed E-state index contributed by atoms with van der Waals surface area (Å²) in [6.07, 6.45) is 0.815. The molecule has 0 fully saturated rings. The number of rotatable bonds is 6. The first-order valence-electron chi connectivity index (χ1n) is 4.62. The highest BCUT2D eigenvalue weighted by atomic mass is 79.9. The number of nitro benzene ring substituents is 1. The van der Waals surface area contributed by atoms with E-state index in [4.69, 9.17) is 9.47 Å². The predicted octanol–water partition coefficient (Wildman–Crippen LogP) is 2.57. The Morgan fingerprint density at radius 1 is 1.56 bits per heavy atom. The largest absolute Gasteiger partial charge is 0.493 e. The lowest BCUT2D eigenvalue weighted by molar-refractivity contribution is -0.385. The van der Waals surface area contributed by atoms with Gasteiger partial charge in [0.15, 0.2) is 11.5 Å². The van der Waals surface area contributed by atoms with E-state index < -0.39 is 4.92 Å². The van der Waals surface area contributed by atoms with Crippen LogP contribution in [0.25, 0.3) is 0 Å². The molecule has 1 radical (unpaired) electrons. The molecule has 0 aliphatic heterocycles. The standard InChI is InChI=1S/C10H11BrNO4/c1-15-9-4-3-8(12(13)14)7-10(9)16-6-2-5-11/h4,7H,2,5-6H2,1H3. The molecule has 0 amide bonds. The van der Waals surface area contributed by atoms with Crippen LogP contribution in [-0.4, -0.2) is 24.0 Å². The summed E-state index contributed by atoms with van der Waals surface area (Å²) in [5.74, 6) is 0.814. The van der Waals surface area contributed by atoms with Crippen LogP contribution in [0.1, 0.15) is 6.42 Å². The van der Waals surface area contributed by atoms with E-state index >= 15 is 0 Å². The molecular weight excluding hydrogens is 278 g/mol. The maximum atomic E-state index is 10.6. The van der Waals surface area contributed by atoms with E-state index in [1.54, 1.807) is 0 Å². The number of hydrogen-bond donors (Lipinski definition) is 0. The summed E-state index contributed by atoms with van der Waals surface area (Å²) in [6.45, 7) is 0.475. The monoisotopic (exact) mass is 288 g/mol. The maximum absolute atomic E-state index is 10.6. The van der Waals surface area contributed by atoms with Crippen molar-refractivity contribution in [2.45, 2.75) is 6.42 Å². The van der Waals surface area contributed by atoms with Crippen LogP contribution in [0.15, 0.2) is 12.1 Å². The van der Waals surface area contributed by atoms with Gasteiger partial charge in [-0.15, -0.1) is 0 Å². The molecule has 1 aromatic rings. The Morgan fingerprint density at radius 2 is 2.31 bits per heavy atom. The molecule has 0 unspecified atom stereocenters. The second-order valence-corrected chi connectivity index (χ2v) is 3.69. The molecule has 0 spiro atoms. The van der Waals surface area contributed by atoms with Gasteiger partial charge in [-0.1, -0.05) is 15.9 Å². The Kier molecular flexibility index (Phi) is 5.04. The van der Waals surface area contributed by atoms with Crippen LogP contribution >= 0.6 is 15.9 Å². The van der Waals surface area contributed by atoms with Crippen molar-refractivity contribution in [2.75, 3.05) is 19.0 Å². The Balaban J connectivity index is 2.84. The molecule has 1 rings (SSSR count). The molecule has 0 aliphatic rings. The van der Waals surface area contributed by atoms with Crippen LogP contribution in [0, 0.1) is 16.2 Å². The Labute approximate surface area is 102 Å². The molecule has 1 aromatic carbocycles. The van der Waals surface area contributed by atoms with Gasteiger partial charge in [-0.2, -0.15) is 0 Å².